The third-order valence-electron chi connectivity index (χ3n) is 3.83. The minimum absolute atomic E-state index is 0.0825. The number of alkyl halides is 1. The molecule has 6 heteroatoms. The molecule has 0 fully saturated rings. The topological polar surface area (TPSA) is 46.6 Å². The Morgan fingerprint density at radius 1 is 1.29 bits per heavy atom. The Hall–Kier alpha value is -0.780. The summed E-state index contributed by atoms with van der Waals surface area (Å²) in [6, 6.07) is 4.92. The van der Waals surface area contributed by atoms with Crippen molar-refractivity contribution >= 4 is 21.6 Å². The number of nitrogens with zero attached hydrogens (tertiary/aromatic N) is 1. The van der Waals surface area contributed by atoms with Crippen LogP contribution in [0.2, 0.25) is 0 Å². The van der Waals surface area contributed by atoms with Crippen LogP contribution in [-0.4, -0.2) is 38.8 Å². The number of halogens is 1. The quantitative estimate of drug-likeness (QED) is 0.720. The summed E-state index contributed by atoms with van der Waals surface area (Å²) in [5.41, 5.74) is 0.687. The van der Waals surface area contributed by atoms with Crippen LogP contribution in [0.3, 0.4) is 0 Å². The van der Waals surface area contributed by atoms with Crippen LogP contribution < -0.4 is 4.74 Å². The number of hydrogen-bond acceptors (Lipinski definition) is 3. The summed E-state index contributed by atoms with van der Waals surface area (Å²) in [5, 5.41) is 0. The van der Waals surface area contributed by atoms with E-state index in [1.807, 2.05) is 20.8 Å². The third-order valence-corrected chi connectivity index (χ3v) is 6.06. The van der Waals surface area contributed by atoms with Crippen molar-refractivity contribution in [2.45, 2.75) is 38.1 Å². The highest BCUT2D eigenvalue weighted by atomic mass is 35.5. The van der Waals surface area contributed by atoms with E-state index >= 15 is 0 Å². The van der Waals surface area contributed by atoms with Crippen molar-refractivity contribution in [2.24, 2.45) is 5.92 Å². The number of sulfonamides is 1. The van der Waals surface area contributed by atoms with Crippen molar-refractivity contribution in [3.8, 4) is 5.75 Å². The van der Waals surface area contributed by atoms with Gasteiger partial charge in [0.2, 0.25) is 10.0 Å². The molecule has 1 unspecified atom stereocenters. The molecule has 0 aromatic heterocycles. The number of ether oxygens (including phenoxy) is 1. The Morgan fingerprint density at radius 2 is 1.90 bits per heavy atom. The highest BCUT2D eigenvalue weighted by Gasteiger charge is 2.29. The lowest BCUT2D eigenvalue weighted by molar-refractivity contribution is 0.315. The maximum Gasteiger partial charge on any atom is 0.243 e. The second-order valence-electron chi connectivity index (χ2n) is 5.42. The Balaban J connectivity index is 3.30. The van der Waals surface area contributed by atoms with Crippen LogP contribution in [-0.2, 0) is 16.4 Å². The maximum absolute atomic E-state index is 12.8. The molecule has 0 aliphatic carbocycles. The van der Waals surface area contributed by atoms with Gasteiger partial charge in [-0.15, -0.1) is 11.6 Å². The average molecular weight is 334 g/mol. The number of methoxy groups -OCH3 is 1. The molecule has 1 aromatic carbocycles. The van der Waals surface area contributed by atoms with Gasteiger partial charge in [0.25, 0.3) is 0 Å². The molecule has 21 heavy (non-hydrogen) atoms. The summed E-state index contributed by atoms with van der Waals surface area (Å²) in [6.07, 6.45) is 0.483. The average Bonchev–Trinajstić information content (AvgIpc) is 2.45. The minimum Gasteiger partial charge on any atom is -0.497 e. The molecular weight excluding hydrogens is 310 g/mol. The van der Waals surface area contributed by atoms with Crippen LogP contribution >= 0.6 is 11.6 Å². The van der Waals surface area contributed by atoms with E-state index in [1.165, 1.54) is 4.31 Å². The summed E-state index contributed by atoms with van der Waals surface area (Å²) in [6.45, 7) is 5.92. The molecule has 0 aliphatic rings. The van der Waals surface area contributed by atoms with E-state index in [4.69, 9.17) is 16.3 Å². The monoisotopic (exact) mass is 333 g/mol. The molecule has 1 rings (SSSR count). The van der Waals surface area contributed by atoms with Gasteiger partial charge in [0.15, 0.2) is 0 Å². The van der Waals surface area contributed by atoms with E-state index in [9.17, 15) is 8.42 Å². The number of benzene rings is 1. The fourth-order valence-electron chi connectivity index (χ4n) is 2.03. The first-order chi connectivity index (χ1) is 9.75. The summed E-state index contributed by atoms with van der Waals surface area (Å²) in [4.78, 5) is 0.305. The first-order valence-corrected chi connectivity index (χ1v) is 8.94. The van der Waals surface area contributed by atoms with Crippen LogP contribution in [0.25, 0.3) is 0 Å². The van der Waals surface area contributed by atoms with Gasteiger partial charge in [0.05, 0.1) is 12.0 Å². The van der Waals surface area contributed by atoms with Crippen molar-refractivity contribution in [2.75, 3.05) is 20.0 Å². The molecule has 0 spiro atoms. The molecule has 0 heterocycles. The van der Waals surface area contributed by atoms with Gasteiger partial charge in [-0.1, -0.05) is 13.8 Å². The number of aryl methyl sites for hydroxylation is 1. The van der Waals surface area contributed by atoms with Crippen LogP contribution in [0.5, 0.6) is 5.75 Å². The molecule has 0 saturated carbocycles. The zero-order valence-electron chi connectivity index (χ0n) is 13.3. The fourth-order valence-corrected chi connectivity index (χ4v) is 3.95. The lowest BCUT2D eigenvalue weighted by Gasteiger charge is -2.28. The summed E-state index contributed by atoms with van der Waals surface area (Å²) >= 11 is 5.80. The van der Waals surface area contributed by atoms with Gasteiger partial charge in [-0.2, -0.15) is 4.31 Å². The van der Waals surface area contributed by atoms with E-state index in [-0.39, 0.29) is 12.0 Å². The molecule has 0 bridgehead atoms. The van der Waals surface area contributed by atoms with Crippen LogP contribution in [0, 0.1) is 5.92 Å². The molecule has 0 amide bonds. The smallest absolute Gasteiger partial charge is 0.243 e. The first kappa shape index (κ1) is 18.3. The van der Waals surface area contributed by atoms with Gasteiger partial charge >= 0.3 is 0 Å². The van der Waals surface area contributed by atoms with Gasteiger partial charge in [-0.25, -0.2) is 8.42 Å². The van der Waals surface area contributed by atoms with Gasteiger partial charge in [0.1, 0.15) is 5.75 Å². The highest BCUT2D eigenvalue weighted by Crippen LogP contribution is 2.27. The number of hydrogen-bond donors (Lipinski definition) is 0. The largest absolute Gasteiger partial charge is 0.497 e. The van der Waals surface area contributed by atoms with Crippen molar-refractivity contribution < 1.29 is 13.2 Å². The van der Waals surface area contributed by atoms with Crippen molar-refractivity contribution in [3.63, 3.8) is 0 Å². The van der Waals surface area contributed by atoms with Crippen LogP contribution in [0.15, 0.2) is 23.1 Å². The maximum atomic E-state index is 12.8. The molecular formula is C15H24ClNO3S. The first-order valence-electron chi connectivity index (χ1n) is 6.96. The summed E-state index contributed by atoms with van der Waals surface area (Å²) < 4.78 is 32.2. The molecule has 1 aromatic rings. The molecule has 1 atom stereocenters. The van der Waals surface area contributed by atoms with Gasteiger partial charge in [-0.3, -0.25) is 0 Å². The lowest BCUT2D eigenvalue weighted by Crippen LogP contribution is -2.38. The normalized spacial score (nSPS) is 13.7. The summed E-state index contributed by atoms with van der Waals surface area (Å²) in [5.74, 6) is 1.23. The Bertz CT molecular complexity index is 572. The van der Waals surface area contributed by atoms with Gasteiger partial charge < -0.3 is 4.74 Å². The SMILES string of the molecule is COc1ccc(S(=O)(=O)N(C)C(C)C(C)C)c(CCCl)c1. The summed E-state index contributed by atoms with van der Waals surface area (Å²) in [7, 11) is -0.366. The number of rotatable bonds is 7. The van der Waals surface area contributed by atoms with Gasteiger partial charge in [-0.05, 0) is 43.0 Å². The van der Waals surface area contributed by atoms with E-state index < -0.39 is 10.0 Å². The second-order valence-corrected chi connectivity index (χ2v) is 7.76. The van der Waals surface area contributed by atoms with Crippen molar-refractivity contribution in [1.29, 1.82) is 0 Å². The highest BCUT2D eigenvalue weighted by molar-refractivity contribution is 7.89. The molecule has 0 radical (unpaired) electrons. The van der Waals surface area contributed by atoms with E-state index in [2.05, 4.69) is 0 Å². The Morgan fingerprint density at radius 3 is 2.38 bits per heavy atom. The van der Waals surface area contributed by atoms with E-state index in [0.717, 1.165) is 0 Å². The fraction of sp³-hybridized carbons (Fsp3) is 0.600. The molecule has 0 saturated heterocycles. The second kappa shape index (κ2) is 7.47. The lowest BCUT2D eigenvalue weighted by atomic mass is 10.1. The minimum atomic E-state index is -3.54. The molecule has 120 valence electrons. The Labute approximate surface area is 133 Å². The Kier molecular flexibility index (Phi) is 6.50. The predicted octanol–water partition coefficient (Wildman–Crippen LogP) is 3.14. The van der Waals surface area contributed by atoms with Crippen LogP contribution in [0.4, 0.5) is 0 Å². The van der Waals surface area contributed by atoms with E-state index in [0.29, 0.717) is 28.5 Å². The zero-order chi connectivity index (χ0) is 16.2. The van der Waals surface area contributed by atoms with Crippen LogP contribution in [0.1, 0.15) is 26.3 Å². The van der Waals surface area contributed by atoms with E-state index in [1.54, 1.807) is 32.4 Å². The predicted molar refractivity (Wildman–Crippen MR) is 86.7 cm³/mol. The van der Waals surface area contributed by atoms with Gasteiger partial charge in [0, 0.05) is 19.0 Å². The molecule has 4 nitrogen and oxygen atoms in total. The molecule has 0 N–H and O–H groups in total. The zero-order valence-corrected chi connectivity index (χ0v) is 14.8. The third kappa shape index (κ3) is 4.11. The molecule has 0 aliphatic heterocycles. The standard InChI is InChI=1S/C15H24ClNO3S/c1-11(2)12(3)17(4)21(18,19)15-7-6-14(20-5)10-13(15)8-9-16/h6-7,10-12H,8-9H2,1-5H3. The van der Waals surface area contributed by atoms with Crippen molar-refractivity contribution in [3.05, 3.63) is 23.8 Å². The van der Waals surface area contributed by atoms with Crippen molar-refractivity contribution in [1.82, 2.24) is 4.31 Å².